The molecule has 1 rings (SSSR count). The molecule has 0 aliphatic carbocycles. The van der Waals surface area contributed by atoms with Crippen LogP contribution in [-0.2, 0) is 0 Å². The minimum absolute atomic E-state index is 0.439. The van der Waals surface area contributed by atoms with Crippen molar-refractivity contribution in [1.29, 1.82) is 0 Å². The zero-order valence-electron chi connectivity index (χ0n) is 9.20. The van der Waals surface area contributed by atoms with Crippen molar-refractivity contribution in [3.05, 3.63) is 23.9 Å². The molecule has 1 aromatic rings. The fraction of sp³-hybridized carbons (Fsp3) is 0.545. The van der Waals surface area contributed by atoms with Crippen LogP contribution >= 0.6 is 0 Å². The average Bonchev–Trinajstić information content (AvgIpc) is 2.17. The van der Waals surface area contributed by atoms with E-state index in [4.69, 9.17) is 5.73 Å². The van der Waals surface area contributed by atoms with Crippen LogP contribution in [0.15, 0.2) is 18.2 Å². The van der Waals surface area contributed by atoms with Gasteiger partial charge in [-0.15, -0.1) is 0 Å². The molecule has 0 saturated carbocycles. The third-order valence-electron chi connectivity index (χ3n) is 2.48. The molecule has 14 heavy (non-hydrogen) atoms. The molecule has 0 radical (unpaired) electrons. The van der Waals surface area contributed by atoms with Gasteiger partial charge < -0.3 is 10.6 Å². The van der Waals surface area contributed by atoms with Crippen LogP contribution in [0.4, 0.5) is 5.82 Å². The zero-order chi connectivity index (χ0) is 10.6. The normalized spacial score (nSPS) is 12.6. The van der Waals surface area contributed by atoms with Gasteiger partial charge in [-0.1, -0.05) is 6.07 Å². The Morgan fingerprint density at radius 3 is 2.79 bits per heavy atom. The summed E-state index contributed by atoms with van der Waals surface area (Å²) < 4.78 is 0. The Kier molecular flexibility index (Phi) is 3.89. The van der Waals surface area contributed by atoms with E-state index >= 15 is 0 Å². The molecule has 0 fully saturated rings. The smallest absolute Gasteiger partial charge is 0.128 e. The maximum Gasteiger partial charge on any atom is 0.128 e. The molecule has 1 atom stereocenters. The van der Waals surface area contributed by atoms with Gasteiger partial charge in [0.15, 0.2) is 0 Å². The molecule has 0 aliphatic rings. The first kappa shape index (κ1) is 11.0. The van der Waals surface area contributed by atoms with E-state index < -0.39 is 0 Å². The van der Waals surface area contributed by atoms with Crippen LogP contribution in [0.1, 0.15) is 19.0 Å². The standard InChI is InChI=1S/C11H19N3/c1-9-5-4-6-11(13-9)14(3)10(2)7-8-12/h4-6,10H,7-8,12H2,1-3H3. The predicted octanol–water partition coefficient (Wildman–Crippen LogP) is 1.56. The van der Waals surface area contributed by atoms with Gasteiger partial charge in [-0.25, -0.2) is 4.98 Å². The molecule has 78 valence electrons. The van der Waals surface area contributed by atoms with Crippen molar-refractivity contribution in [3.8, 4) is 0 Å². The maximum absolute atomic E-state index is 5.53. The molecule has 2 N–H and O–H groups in total. The molecule has 0 aliphatic heterocycles. The Morgan fingerprint density at radius 1 is 1.50 bits per heavy atom. The van der Waals surface area contributed by atoms with Gasteiger partial charge >= 0.3 is 0 Å². The SMILES string of the molecule is Cc1cccc(N(C)C(C)CCN)n1. The number of aromatic nitrogens is 1. The van der Waals surface area contributed by atoms with E-state index in [1.165, 1.54) is 0 Å². The largest absolute Gasteiger partial charge is 0.357 e. The highest BCUT2D eigenvalue weighted by molar-refractivity contribution is 5.39. The fourth-order valence-corrected chi connectivity index (χ4v) is 1.39. The van der Waals surface area contributed by atoms with E-state index in [1.807, 2.05) is 25.1 Å². The minimum Gasteiger partial charge on any atom is -0.357 e. The Balaban J connectivity index is 2.73. The summed E-state index contributed by atoms with van der Waals surface area (Å²) in [6.45, 7) is 4.89. The highest BCUT2D eigenvalue weighted by atomic mass is 15.2. The van der Waals surface area contributed by atoms with Crippen LogP contribution in [0.3, 0.4) is 0 Å². The van der Waals surface area contributed by atoms with Crippen molar-refractivity contribution in [3.63, 3.8) is 0 Å². The number of pyridine rings is 1. The van der Waals surface area contributed by atoms with Crippen molar-refractivity contribution in [2.24, 2.45) is 5.73 Å². The first-order chi connectivity index (χ1) is 6.65. The Morgan fingerprint density at radius 2 is 2.21 bits per heavy atom. The highest BCUT2D eigenvalue weighted by Crippen LogP contribution is 2.13. The second kappa shape index (κ2) is 4.96. The third kappa shape index (κ3) is 2.70. The molecule has 0 amide bonds. The van der Waals surface area contributed by atoms with Gasteiger partial charge in [-0.2, -0.15) is 0 Å². The molecule has 0 aromatic carbocycles. The van der Waals surface area contributed by atoms with Crippen LogP contribution in [0.2, 0.25) is 0 Å². The summed E-state index contributed by atoms with van der Waals surface area (Å²) in [6, 6.07) is 6.50. The van der Waals surface area contributed by atoms with Gasteiger partial charge in [0.1, 0.15) is 5.82 Å². The van der Waals surface area contributed by atoms with Gasteiger partial charge in [0, 0.05) is 18.8 Å². The van der Waals surface area contributed by atoms with Gasteiger partial charge in [0.05, 0.1) is 0 Å². The van der Waals surface area contributed by atoms with Crippen molar-refractivity contribution in [2.45, 2.75) is 26.3 Å². The van der Waals surface area contributed by atoms with Crippen LogP contribution in [0, 0.1) is 6.92 Å². The minimum atomic E-state index is 0.439. The molecule has 3 heteroatoms. The van der Waals surface area contributed by atoms with Crippen LogP contribution in [0.25, 0.3) is 0 Å². The Hall–Kier alpha value is -1.09. The van der Waals surface area contributed by atoms with Crippen molar-refractivity contribution >= 4 is 5.82 Å². The zero-order valence-corrected chi connectivity index (χ0v) is 9.20. The summed E-state index contributed by atoms with van der Waals surface area (Å²) in [7, 11) is 2.06. The third-order valence-corrected chi connectivity index (χ3v) is 2.48. The number of nitrogens with two attached hydrogens (primary N) is 1. The number of hydrogen-bond acceptors (Lipinski definition) is 3. The fourth-order valence-electron chi connectivity index (χ4n) is 1.39. The maximum atomic E-state index is 5.53. The van der Waals surface area contributed by atoms with E-state index in [2.05, 4.69) is 23.9 Å². The monoisotopic (exact) mass is 193 g/mol. The summed E-state index contributed by atoms with van der Waals surface area (Å²) in [5.41, 5.74) is 6.58. The first-order valence-electron chi connectivity index (χ1n) is 5.01. The number of anilines is 1. The van der Waals surface area contributed by atoms with E-state index in [-0.39, 0.29) is 0 Å². The summed E-state index contributed by atoms with van der Waals surface area (Å²) >= 11 is 0. The second-order valence-corrected chi connectivity index (χ2v) is 3.67. The molecular weight excluding hydrogens is 174 g/mol. The van der Waals surface area contributed by atoms with Crippen molar-refractivity contribution in [1.82, 2.24) is 4.98 Å². The summed E-state index contributed by atoms with van der Waals surface area (Å²) in [5, 5.41) is 0. The lowest BCUT2D eigenvalue weighted by molar-refractivity contribution is 0.629. The molecule has 0 bridgehead atoms. The molecule has 0 spiro atoms. The van der Waals surface area contributed by atoms with Gasteiger partial charge in [-0.3, -0.25) is 0 Å². The lowest BCUT2D eigenvalue weighted by Crippen LogP contribution is -2.31. The van der Waals surface area contributed by atoms with E-state index in [9.17, 15) is 0 Å². The molecule has 1 aromatic heterocycles. The molecular formula is C11H19N3. The lowest BCUT2D eigenvalue weighted by Gasteiger charge is -2.25. The molecule has 1 heterocycles. The van der Waals surface area contributed by atoms with Gasteiger partial charge in [-0.05, 0) is 38.9 Å². The first-order valence-corrected chi connectivity index (χ1v) is 5.01. The predicted molar refractivity (Wildman–Crippen MR) is 60.5 cm³/mol. The lowest BCUT2D eigenvalue weighted by atomic mass is 10.2. The number of hydrogen-bond donors (Lipinski definition) is 1. The summed E-state index contributed by atoms with van der Waals surface area (Å²) in [5.74, 6) is 1.02. The summed E-state index contributed by atoms with van der Waals surface area (Å²) in [6.07, 6.45) is 0.992. The van der Waals surface area contributed by atoms with E-state index in [1.54, 1.807) is 0 Å². The second-order valence-electron chi connectivity index (χ2n) is 3.67. The van der Waals surface area contributed by atoms with Crippen molar-refractivity contribution in [2.75, 3.05) is 18.5 Å². The Labute approximate surface area is 85.9 Å². The molecule has 0 saturated heterocycles. The molecule has 3 nitrogen and oxygen atoms in total. The van der Waals surface area contributed by atoms with Crippen LogP contribution < -0.4 is 10.6 Å². The van der Waals surface area contributed by atoms with Crippen LogP contribution in [-0.4, -0.2) is 24.6 Å². The summed E-state index contributed by atoms with van der Waals surface area (Å²) in [4.78, 5) is 6.63. The quantitative estimate of drug-likeness (QED) is 0.789. The van der Waals surface area contributed by atoms with Gasteiger partial charge in [0.2, 0.25) is 0 Å². The van der Waals surface area contributed by atoms with Crippen molar-refractivity contribution < 1.29 is 0 Å². The average molecular weight is 193 g/mol. The number of nitrogens with zero attached hydrogens (tertiary/aromatic N) is 2. The van der Waals surface area contributed by atoms with Gasteiger partial charge in [0.25, 0.3) is 0 Å². The van der Waals surface area contributed by atoms with Crippen LogP contribution in [0.5, 0.6) is 0 Å². The van der Waals surface area contributed by atoms with E-state index in [0.717, 1.165) is 24.5 Å². The highest BCUT2D eigenvalue weighted by Gasteiger charge is 2.09. The van der Waals surface area contributed by atoms with E-state index in [0.29, 0.717) is 6.04 Å². The molecule has 1 unspecified atom stereocenters. The topological polar surface area (TPSA) is 42.1 Å². The number of aryl methyl sites for hydroxylation is 1. The number of rotatable bonds is 4. The Bertz CT molecular complexity index is 286.